The Bertz CT molecular complexity index is 2320. The van der Waals surface area contributed by atoms with E-state index in [-0.39, 0.29) is 23.9 Å². The quantitative estimate of drug-likeness (QED) is 0.112. The lowest BCUT2D eigenvalue weighted by atomic mass is 9.84. The molecule has 3 aliphatic rings. The Balaban J connectivity index is 1.23. The van der Waals surface area contributed by atoms with Crippen LogP contribution in [0.5, 0.6) is 0 Å². The number of carbonyl (C=O) groups is 6. The number of nitrogens with two attached hydrogens (primary N) is 2. The minimum atomic E-state index is -1.42. The van der Waals surface area contributed by atoms with Crippen molar-refractivity contribution in [2.24, 2.45) is 23.3 Å². The second kappa shape index (κ2) is 19.9. The van der Waals surface area contributed by atoms with E-state index in [1.54, 1.807) is 6.20 Å². The zero-order valence-corrected chi connectivity index (χ0v) is 39.1. The van der Waals surface area contributed by atoms with Crippen LogP contribution in [0.25, 0.3) is 11.1 Å². The number of benzene rings is 3. The van der Waals surface area contributed by atoms with Crippen molar-refractivity contribution < 1.29 is 38.2 Å². The van der Waals surface area contributed by atoms with Gasteiger partial charge in [0.2, 0.25) is 23.6 Å². The minimum Gasteiger partial charge on any atom is -0.453 e. The third-order valence-electron chi connectivity index (χ3n) is 14.0. The Morgan fingerprint density at radius 1 is 0.627 bits per heavy atom. The predicted octanol–water partition coefficient (Wildman–Crippen LogP) is 6.20. The molecule has 3 aromatic carbocycles. The molecule has 6 amide bonds. The van der Waals surface area contributed by atoms with E-state index in [2.05, 4.69) is 44.8 Å². The number of nitrogens with one attached hydrogen (secondary N) is 2. The summed E-state index contributed by atoms with van der Waals surface area (Å²) in [6, 6.07) is 25.7. The van der Waals surface area contributed by atoms with Gasteiger partial charge in [-0.1, -0.05) is 94.4 Å². The lowest BCUT2D eigenvalue weighted by molar-refractivity contribution is -0.146. The number of likely N-dealkylation sites (tertiary alicyclic amines) is 2. The smallest absolute Gasteiger partial charge is 0.407 e. The highest BCUT2D eigenvalue weighted by atomic mass is 16.5. The highest BCUT2D eigenvalue weighted by Gasteiger charge is 2.53. The summed E-state index contributed by atoms with van der Waals surface area (Å²) in [6.45, 7) is 7.85. The number of pyridine rings is 1. The number of ether oxygens (including phenoxy) is 2. The first-order valence-electron chi connectivity index (χ1n) is 23.0. The first kappa shape index (κ1) is 48.0. The van der Waals surface area contributed by atoms with Crippen molar-refractivity contribution in [3.8, 4) is 11.1 Å². The standard InChI is InChI=1S/C51H62N8O8/c1-31(2)42(55-48(64)66-5)44(60)57-28-8-25-50(57,46(52)62)37-17-11-34(12-18-37)40-23-24-41(59(40)39-21-15-33(16-22-39)36-10-7-27-54-30-36)35-13-19-38(20-14-35)51(47(53)63)26-9-29-58(51)45(61)43(32(3)4)56-49(65)67-6/h7,10-22,27,30-32,40-43H,8-9,23-26,28-29H2,1-6H3,(H2,52,62)(H2,53,63)(H,55,64)(H,56,65)/t40-,41-,42+,43+,50+,51+/m1/s1. The summed E-state index contributed by atoms with van der Waals surface area (Å²) in [5.41, 5.74) is 15.8. The molecule has 1 aromatic heterocycles. The van der Waals surface area contributed by atoms with E-state index in [9.17, 15) is 28.8 Å². The summed E-state index contributed by atoms with van der Waals surface area (Å²) in [7, 11) is 2.47. The Labute approximate surface area is 391 Å². The van der Waals surface area contributed by atoms with Crippen LogP contribution >= 0.6 is 0 Å². The van der Waals surface area contributed by atoms with E-state index in [0.717, 1.165) is 40.8 Å². The van der Waals surface area contributed by atoms with Crippen molar-refractivity contribution in [1.82, 2.24) is 25.4 Å². The Morgan fingerprint density at radius 2 is 1.06 bits per heavy atom. The number of carbonyl (C=O) groups excluding carboxylic acids is 6. The molecule has 354 valence electrons. The number of nitrogens with zero attached hydrogens (tertiary/aromatic N) is 4. The molecule has 4 aromatic rings. The van der Waals surface area contributed by atoms with Crippen molar-refractivity contribution in [3.05, 3.63) is 120 Å². The fourth-order valence-corrected chi connectivity index (χ4v) is 10.5. The summed E-state index contributed by atoms with van der Waals surface area (Å²) in [6.07, 6.45) is 5.39. The molecule has 3 aliphatic heterocycles. The van der Waals surface area contributed by atoms with E-state index < -0.39 is 59.0 Å². The highest BCUT2D eigenvalue weighted by Crippen LogP contribution is 2.49. The topological polar surface area (TPSA) is 220 Å². The van der Waals surface area contributed by atoms with Gasteiger partial charge in [-0.05, 0) is 102 Å². The van der Waals surface area contributed by atoms with E-state index in [1.165, 1.54) is 24.0 Å². The van der Waals surface area contributed by atoms with Crippen LogP contribution in [-0.2, 0) is 39.7 Å². The Hall–Kier alpha value is -6.97. The van der Waals surface area contributed by atoms with Crippen LogP contribution in [0.2, 0.25) is 0 Å². The van der Waals surface area contributed by atoms with E-state index in [0.29, 0.717) is 49.9 Å². The van der Waals surface area contributed by atoms with Crippen molar-refractivity contribution in [2.45, 2.75) is 101 Å². The zero-order valence-electron chi connectivity index (χ0n) is 39.1. The second-order valence-corrected chi connectivity index (χ2v) is 18.4. The first-order chi connectivity index (χ1) is 32.1. The molecule has 67 heavy (non-hydrogen) atoms. The van der Waals surface area contributed by atoms with Crippen molar-refractivity contribution >= 4 is 41.5 Å². The Kier molecular flexibility index (Phi) is 14.2. The molecule has 0 unspecified atom stereocenters. The van der Waals surface area contributed by atoms with Crippen LogP contribution < -0.4 is 27.0 Å². The monoisotopic (exact) mass is 914 g/mol. The summed E-state index contributed by atoms with van der Waals surface area (Å²) >= 11 is 0. The van der Waals surface area contributed by atoms with Gasteiger partial charge in [-0.15, -0.1) is 0 Å². The first-order valence-corrected chi connectivity index (χ1v) is 23.0. The van der Waals surface area contributed by atoms with Gasteiger partial charge in [0.05, 0.1) is 26.3 Å². The molecule has 7 rings (SSSR count). The van der Waals surface area contributed by atoms with Crippen molar-refractivity contribution in [1.29, 1.82) is 0 Å². The third kappa shape index (κ3) is 9.00. The number of methoxy groups -OCH3 is 2. The lowest BCUT2D eigenvalue weighted by Gasteiger charge is -2.39. The van der Waals surface area contributed by atoms with E-state index >= 15 is 0 Å². The predicted molar refractivity (Wildman–Crippen MR) is 252 cm³/mol. The summed E-state index contributed by atoms with van der Waals surface area (Å²) in [4.78, 5) is 89.7. The van der Waals surface area contributed by atoms with Gasteiger partial charge in [0.15, 0.2) is 0 Å². The van der Waals surface area contributed by atoms with Crippen LogP contribution in [-0.4, -0.2) is 90.0 Å². The maximum absolute atomic E-state index is 14.2. The normalized spacial score (nSPS) is 22.4. The average Bonchev–Trinajstić information content (AvgIpc) is 4.11. The molecule has 0 saturated carbocycles. The molecular weight excluding hydrogens is 853 g/mol. The van der Waals surface area contributed by atoms with Crippen LogP contribution in [0.3, 0.4) is 0 Å². The lowest BCUT2D eigenvalue weighted by Crippen LogP contribution is -2.59. The molecule has 0 bridgehead atoms. The molecular formula is C51H62N8O8. The van der Waals surface area contributed by atoms with Gasteiger partial charge >= 0.3 is 12.2 Å². The molecule has 16 nitrogen and oxygen atoms in total. The van der Waals surface area contributed by atoms with Gasteiger partial charge in [-0.3, -0.25) is 24.2 Å². The van der Waals surface area contributed by atoms with Gasteiger partial charge in [0.1, 0.15) is 23.2 Å². The number of hydrogen-bond donors (Lipinski definition) is 4. The van der Waals surface area contributed by atoms with Crippen molar-refractivity contribution in [2.75, 3.05) is 32.2 Å². The second-order valence-electron chi connectivity index (χ2n) is 18.4. The fraction of sp³-hybridized carbons (Fsp3) is 0.431. The minimum absolute atomic E-state index is 0.112. The number of aromatic nitrogens is 1. The molecule has 16 heteroatoms. The number of hydrogen-bond acceptors (Lipinski definition) is 10. The van der Waals surface area contributed by atoms with E-state index in [4.69, 9.17) is 20.9 Å². The zero-order chi connectivity index (χ0) is 48.2. The largest absolute Gasteiger partial charge is 0.453 e. The number of primary amides is 2. The third-order valence-corrected chi connectivity index (χ3v) is 14.0. The molecule has 0 aliphatic carbocycles. The molecule has 6 atom stereocenters. The highest BCUT2D eigenvalue weighted by molar-refractivity contribution is 5.96. The van der Waals surface area contributed by atoms with Crippen molar-refractivity contribution in [3.63, 3.8) is 0 Å². The van der Waals surface area contributed by atoms with Gasteiger partial charge in [-0.2, -0.15) is 0 Å². The van der Waals surface area contributed by atoms with Crippen LogP contribution in [0.15, 0.2) is 97.3 Å². The maximum Gasteiger partial charge on any atom is 0.407 e. The van der Waals surface area contributed by atoms with Gasteiger partial charge in [0.25, 0.3) is 0 Å². The molecule has 6 N–H and O–H groups in total. The molecule has 0 radical (unpaired) electrons. The molecule has 3 saturated heterocycles. The Morgan fingerprint density at radius 3 is 1.42 bits per heavy atom. The van der Waals surface area contributed by atoms with Gasteiger partial charge < -0.3 is 46.3 Å². The average molecular weight is 915 g/mol. The fourth-order valence-electron chi connectivity index (χ4n) is 10.5. The molecule has 4 heterocycles. The molecule has 0 spiro atoms. The summed E-state index contributed by atoms with van der Waals surface area (Å²) in [5.74, 6) is -2.69. The van der Waals surface area contributed by atoms with Crippen LogP contribution in [0, 0.1) is 11.8 Å². The number of anilines is 1. The van der Waals surface area contributed by atoms with E-state index in [1.807, 2.05) is 94.6 Å². The summed E-state index contributed by atoms with van der Waals surface area (Å²) < 4.78 is 9.61. The van der Waals surface area contributed by atoms with Gasteiger partial charge in [-0.25, -0.2) is 9.59 Å². The SMILES string of the molecule is COC(=O)N[C@H](C(=O)N1CCC[C@@]1(C(N)=O)c1ccc([C@H]2CC[C@H](c3ccc([C@]4(C(N)=O)CCCN4C(=O)[C@@H](NC(=O)OC)C(C)C)cc3)N2c2ccc(-c3cccnc3)cc2)cc1)C(C)C. The number of rotatable bonds is 14. The van der Waals surface area contributed by atoms with Gasteiger partial charge in [0, 0.05) is 31.2 Å². The number of amides is 6. The van der Waals surface area contributed by atoms with Crippen LogP contribution in [0.1, 0.15) is 101 Å². The number of alkyl carbamates (subject to hydrolysis) is 2. The molecule has 3 fully saturated rings. The maximum atomic E-state index is 14.2. The summed E-state index contributed by atoms with van der Waals surface area (Å²) in [5, 5.41) is 5.29. The van der Waals surface area contributed by atoms with Crippen LogP contribution in [0.4, 0.5) is 15.3 Å².